The van der Waals surface area contributed by atoms with Crippen LogP contribution in [-0.2, 0) is 0 Å². The number of nitrogens with zero attached hydrogens (tertiary/aromatic N) is 3. The van der Waals surface area contributed by atoms with Gasteiger partial charge in [-0.05, 0) is 30.1 Å². The van der Waals surface area contributed by atoms with Crippen LogP contribution in [0.15, 0.2) is 54.6 Å². The summed E-state index contributed by atoms with van der Waals surface area (Å²) in [4.78, 5) is 9.95. The van der Waals surface area contributed by atoms with Crippen LogP contribution < -0.4 is 9.64 Å². The number of hydrogen-bond acceptors (Lipinski definition) is 5. The number of halogens is 1. The minimum atomic E-state index is -0.00750. The molecule has 1 N–H and O–H groups in total. The molecule has 0 radical (unpaired) electrons. The SMILES string of the molecule is CCN1CCN(c2nc(-c3ccccc3OCCO)cc3ccccc23)CC1.Cl. The molecule has 5 nitrogen and oxygen atoms in total. The van der Waals surface area contributed by atoms with Crippen molar-refractivity contribution in [2.24, 2.45) is 0 Å². The fraction of sp³-hybridized carbons (Fsp3) is 0.348. The lowest BCUT2D eigenvalue weighted by Gasteiger charge is -2.35. The number of likely N-dealkylation sites (N-methyl/N-ethyl adjacent to an activating group) is 1. The van der Waals surface area contributed by atoms with Crippen molar-refractivity contribution < 1.29 is 9.84 Å². The van der Waals surface area contributed by atoms with Gasteiger partial charge >= 0.3 is 0 Å². The number of fused-ring (bicyclic) bond motifs is 1. The lowest BCUT2D eigenvalue weighted by molar-refractivity contribution is 0.202. The minimum Gasteiger partial charge on any atom is -0.490 e. The normalized spacial score (nSPS) is 14.6. The highest BCUT2D eigenvalue weighted by Crippen LogP contribution is 2.34. The quantitative estimate of drug-likeness (QED) is 0.665. The van der Waals surface area contributed by atoms with Crippen molar-refractivity contribution in [2.45, 2.75) is 6.92 Å². The summed E-state index contributed by atoms with van der Waals surface area (Å²) in [6.45, 7) is 7.67. The van der Waals surface area contributed by atoms with Crippen molar-refractivity contribution in [3.8, 4) is 17.0 Å². The zero-order chi connectivity index (χ0) is 19.3. The van der Waals surface area contributed by atoms with Gasteiger partial charge in [-0.15, -0.1) is 12.4 Å². The molecule has 0 amide bonds. The first kappa shape index (κ1) is 21.4. The van der Waals surface area contributed by atoms with Gasteiger partial charge in [0.2, 0.25) is 0 Å². The molecule has 2 heterocycles. The highest BCUT2D eigenvalue weighted by atomic mass is 35.5. The van der Waals surface area contributed by atoms with E-state index in [1.54, 1.807) is 0 Å². The Morgan fingerprint density at radius 3 is 2.48 bits per heavy atom. The molecule has 0 saturated carbocycles. The van der Waals surface area contributed by atoms with E-state index in [2.05, 4.69) is 47.1 Å². The van der Waals surface area contributed by atoms with Crippen LogP contribution in [0.4, 0.5) is 5.82 Å². The van der Waals surface area contributed by atoms with E-state index >= 15 is 0 Å². The molecule has 2 aromatic carbocycles. The monoisotopic (exact) mass is 413 g/mol. The molecular weight excluding hydrogens is 386 g/mol. The molecule has 0 aliphatic carbocycles. The summed E-state index contributed by atoms with van der Waals surface area (Å²) in [6, 6.07) is 18.5. The number of benzene rings is 2. The molecule has 0 atom stereocenters. The smallest absolute Gasteiger partial charge is 0.137 e. The van der Waals surface area contributed by atoms with Gasteiger partial charge in [0.15, 0.2) is 0 Å². The molecule has 1 aromatic heterocycles. The number of aliphatic hydroxyl groups excluding tert-OH is 1. The Balaban J connectivity index is 0.00000240. The fourth-order valence-electron chi connectivity index (χ4n) is 3.80. The van der Waals surface area contributed by atoms with E-state index < -0.39 is 0 Å². The summed E-state index contributed by atoms with van der Waals surface area (Å²) in [6.07, 6.45) is 0. The Hall–Kier alpha value is -2.34. The van der Waals surface area contributed by atoms with Crippen molar-refractivity contribution >= 4 is 29.0 Å². The number of hydrogen-bond donors (Lipinski definition) is 1. The molecule has 0 bridgehead atoms. The van der Waals surface area contributed by atoms with E-state index in [-0.39, 0.29) is 25.6 Å². The number of piperazine rings is 1. The van der Waals surface area contributed by atoms with Gasteiger partial charge in [0.05, 0.1) is 12.3 Å². The highest BCUT2D eigenvalue weighted by molar-refractivity contribution is 5.95. The number of pyridine rings is 1. The predicted octanol–water partition coefficient (Wildman–Crippen LogP) is 3.84. The second kappa shape index (κ2) is 9.92. The zero-order valence-corrected chi connectivity index (χ0v) is 17.6. The maximum Gasteiger partial charge on any atom is 0.137 e. The van der Waals surface area contributed by atoms with Gasteiger partial charge in [-0.2, -0.15) is 0 Å². The van der Waals surface area contributed by atoms with E-state index in [1.807, 2.05) is 24.3 Å². The average molecular weight is 414 g/mol. The van der Waals surface area contributed by atoms with E-state index in [9.17, 15) is 0 Å². The fourth-order valence-corrected chi connectivity index (χ4v) is 3.80. The third-order valence-corrected chi connectivity index (χ3v) is 5.35. The average Bonchev–Trinajstić information content (AvgIpc) is 2.77. The molecule has 154 valence electrons. The molecule has 1 saturated heterocycles. The third kappa shape index (κ3) is 4.64. The van der Waals surface area contributed by atoms with Crippen LogP contribution >= 0.6 is 12.4 Å². The maximum absolute atomic E-state index is 9.14. The lowest BCUT2D eigenvalue weighted by Crippen LogP contribution is -2.46. The van der Waals surface area contributed by atoms with Crippen LogP contribution in [0.5, 0.6) is 5.75 Å². The lowest BCUT2D eigenvalue weighted by atomic mass is 10.1. The summed E-state index contributed by atoms with van der Waals surface area (Å²) >= 11 is 0. The number of rotatable bonds is 6. The van der Waals surface area contributed by atoms with Gasteiger partial charge in [0.25, 0.3) is 0 Å². The molecule has 1 aliphatic rings. The van der Waals surface area contributed by atoms with E-state index in [1.165, 1.54) is 10.8 Å². The van der Waals surface area contributed by atoms with Crippen LogP contribution in [0, 0.1) is 0 Å². The zero-order valence-electron chi connectivity index (χ0n) is 16.8. The summed E-state index contributed by atoms with van der Waals surface area (Å²) in [5.74, 6) is 1.79. The van der Waals surface area contributed by atoms with E-state index in [0.29, 0.717) is 0 Å². The van der Waals surface area contributed by atoms with Gasteiger partial charge < -0.3 is 19.6 Å². The van der Waals surface area contributed by atoms with Crippen molar-refractivity contribution in [1.82, 2.24) is 9.88 Å². The van der Waals surface area contributed by atoms with Crippen molar-refractivity contribution in [1.29, 1.82) is 0 Å². The van der Waals surface area contributed by atoms with E-state index in [0.717, 1.165) is 55.5 Å². The van der Waals surface area contributed by atoms with E-state index in [4.69, 9.17) is 14.8 Å². The number of aromatic nitrogens is 1. The summed E-state index contributed by atoms with van der Waals surface area (Å²) in [5, 5.41) is 11.5. The Kier molecular flexibility index (Phi) is 7.31. The van der Waals surface area contributed by atoms with Gasteiger partial charge in [0.1, 0.15) is 18.2 Å². The molecule has 3 aromatic rings. The standard InChI is InChI=1S/C23H27N3O2.ClH/c1-2-25-11-13-26(14-12-25)23-19-8-4-3-7-18(19)17-21(24-23)20-9-5-6-10-22(20)28-16-15-27;/h3-10,17,27H,2,11-16H2,1H3;1H. The van der Waals surface area contributed by atoms with Crippen LogP contribution in [0.1, 0.15) is 6.92 Å². The van der Waals surface area contributed by atoms with Gasteiger partial charge in [-0.1, -0.05) is 43.3 Å². The van der Waals surface area contributed by atoms with Crippen molar-refractivity contribution in [3.05, 3.63) is 54.6 Å². The summed E-state index contributed by atoms with van der Waals surface area (Å²) in [7, 11) is 0. The molecule has 6 heteroatoms. The molecule has 4 rings (SSSR count). The third-order valence-electron chi connectivity index (χ3n) is 5.35. The molecular formula is C23H28ClN3O2. The van der Waals surface area contributed by atoms with Crippen LogP contribution in [0.2, 0.25) is 0 Å². The van der Waals surface area contributed by atoms with Crippen molar-refractivity contribution in [2.75, 3.05) is 50.8 Å². The first-order valence-corrected chi connectivity index (χ1v) is 10.0. The number of para-hydroxylation sites is 1. The highest BCUT2D eigenvalue weighted by Gasteiger charge is 2.20. The predicted molar refractivity (Wildman–Crippen MR) is 121 cm³/mol. The van der Waals surface area contributed by atoms with Gasteiger partial charge in [-0.25, -0.2) is 4.98 Å². The summed E-state index contributed by atoms with van der Waals surface area (Å²) in [5.41, 5.74) is 1.86. The Bertz CT molecular complexity index is 942. The van der Waals surface area contributed by atoms with Crippen molar-refractivity contribution in [3.63, 3.8) is 0 Å². The maximum atomic E-state index is 9.14. The second-order valence-electron chi connectivity index (χ2n) is 7.04. The first-order chi connectivity index (χ1) is 13.8. The Labute approximate surface area is 178 Å². The molecule has 1 fully saturated rings. The first-order valence-electron chi connectivity index (χ1n) is 10.0. The van der Waals surface area contributed by atoms with Crippen LogP contribution in [0.25, 0.3) is 22.0 Å². The van der Waals surface area contributed by atoms with Gasteiger partial charge in [-0.3, -0.25) is 0 Å². The van der Waals surface area contributed by atoms with Gasteiger partial charge in [0, 0.05) is 37.1 Å². The number of aliphatic hydroxyl groups is 1. The molecule has 1 aliphatic heterocycles. The second-order valence-corrected chi connectivity index (χ2v) is 7.04. The minimum absolute atomic E-state index is 0. The van der Waals surface area contributed by atoms with Crippen LogP contribution in [0.3, 0.4) is 0 Å². The molecule has 0 spiro atoms. The van der Waals surface area contributed by atoms with Crippen LogP contribution in [-0.4, -0.2) is 60.9 Å². The topological polar surface area (TPSA) is 48.8 Å². The molecule has 0 unspecified atom stereocenters. The number of anilines is 1. The molecule has 29 heavy (non-hydrogen) atoms. The Morgan fingerprint density at radius 1 is 1.00 bits per heavy atom. The Morgan fingerprint density at radius 2 is 1.72 bits per heavy atom. The largest absolute Gasteiger partial charge is 0.490 e. The number of ether oxygens (including phenoxy) is 1. The summed E-state index contributed by atoms with van der Waals surface area (Å²) < 4.78 is 5.76.